The quantitative estimate of drug-likeness (QED) is 0.831. The van der Waals surface area contributed by atoms with E-state index in [0.717, 1.165) is 55.3 Å². The molecule has 122 valence electrons. The molecular weight excluding hydrogens is 280 g/mol. The molecule has 1 saturated heterocycles. The number of benzene rings is 1. The maximum atomic E-state index is 12.5. The molecule has 5 nitrogen and oxygen atoms in total. The van der Waals surface area contributed by atoms with Gasteiger partial charge in [0.05, 0.1) is 20.6 Å². The molecule has 0 saturated carbocycles. The maximum absolute atomic E-state index is 12.5. The Hall–Kier alpha value is -1.75. The van der Waals surface area contributed by atoms with Crippen LogP contribution in [0.3, 0.4) is 0 Å². The van der Waals surface area contributed by atoms with E-state index in [1.165, 1.54) is 0 Å². The van der Waals surface area contributed by atoms with Crippen LogP contribution in [-0.2, 0) is 11.2 Å². The van der Waals surface area contributed by atoms with Gasteiger partial charge in [0.2, 0.25) is 5.91 Å². The molecular formula is C17H26N2O3. The van der Waals surface area contributed by atoms with Crippen LogP contribution in [0.15, 0.2) is 12.1 Å². The molecule has 22 heavy (non-hydrogen) atoms. The Bertz CT molecular complexity index is 523. The number of amides is 1. The summed E-state index contributed by atoms with van der Waals surface area (Å²) in [5.41, 5.74) is 1.86. The van der Waals surface area contributed by atoms with Gasteiger partial charge in [-0.1, -0.05) is 13.0 Å². The van der Waals surface area contributed by atoms with Gasteiger partial charge in [-0.15, -0.1) is 0 Å². The average Bonchev–Trinajstić information content (AvgIpc) is 2.55. The molecule has 1 aliphatic heterocycles. The summed E-state index contributed by atoms with van der Waals surface area (Å²) in [6.07, 6.45) is 0.375. The lowest BCUT2D eigenvalue weighted by Crippen LogP contribution is -2.48. The van der Waals surface area contributed by atoms with Crippen molar-refractivity contribution in [1.29, 1.82) is 0 Å². The van der Waals surface area contributed by atoms with Crippen LogP contribution >= 0.6 is 0 Å². The minimum absolute atomic E-state index is 0.165. The smallest absolute Gasteiger partial charge is 0.227 e. The lowest BCUT2D eigenvalue weighted by Gasteiger charge is -2.34. The van der Waals surface area contributed by atoms with Crippen molar-refractivity contribution in [2.45, 2.75) is 20.3 Å². The van der Waals surface area contributed by atoms with Crippen molar-refractivity contribution in [3.8, 4) is 11.5 Å². The van der Waals surface area contributed by atoms with Gasteiger partial charge in [0.1, 0.15) is 11.5 Å². The molecule has 0 unspecified atom stereocenters. The summed E-state index contributed by atoms with van der Waals surface area (Å²) in [7, 11) is 3.27. The molecule has 2 rings (SSSR count). The van der Waals surface area contributed by atoms with Gasteiger partial charge >= 0.3 is 0 Å². The zero-order valence-electron chi connectivity index (χ0n) is 14.0. The molecule has 5 heteroatoms. The summed E-state index contributed by atoms with van der Waals surface area (Å²) >= 11 is 0. The Morgan fingerprint density at radius 2 is 1.82 bits per heavy atom. The van der Waals surface area contributed by atoms with Gasteiger partial charge < -0.3 is 19.3 Å². The summed E-state index contributed by atoms with van der Waals surface area (Å²) < 4.78 is 10.8. The molecule has 1 amide bonds. The highest BCUT2D eigenvalue weighted by Crippen LogP contribution is 2.31. The highest BCUT2D eigenvalue weighted by molar-refractivity contribution is 5.80. The van der Waals surface area contributed by atoms with Crippen LogP contribution in [0.4, 0.5) is 0 Å². The predicted octanol–water partition coefficient (Wildman–Crippen LogP) is 1.72. The molecule has 0 aliphatic carbocycles. The van der Waals surface area contributed by atoms with E-state index < -0.39 is 0 Å². The third-order valence-corrected chi connectivity index (χ3v) is 4.38. The summed E-state index contributed by atoms with van der Waals surface area (Å²) in [5, 5.41) is 0. The largest absolute Gasteiger partial charge is 0.496 e. The maximum Gasteiger partial charge on any atom is 0.227 e. The number of likely N-dealkylation sites (N-methyl/N-ethyl adjacent to an activating group) is 1. The fourth-order valence-corrected chi connectivity index (χ4v) is 2.96. The van der Waals surface area contributed by atoms with Crippen LogP contribution in [0.1, 0.15) is 18.1 Å². The van der Waals surface area contributed by atoms with Crippen molar-refractivity contribution in [2.24, 2.45) is 0 Å². The van der Waals surface area contributed by atoms with Crippen molar-refractivity contribution in [1.82, 2.24) is 9.80 Å². The number of ether oxygens (including phenoxy) is 2. The van der Waals surface area contributed by atoms with Crippen LogP contribution in [0.5, 0.6) is 11.5 Å². The van der Waals surface area contributed by atoms with Crippen LogP contribution in [0.2, 0.25) is 0 Å². The molecule has 1 aromatic rings. The number of carbonyl (C=O) groups excluding carboxylic acids is 1. The second-order valence-electron chi connectivity index (χ2n) is 5.58. The highest BCUT2D eigenvalue weighted by Gasteiger charge is 2.22. The summed E-state index contributed by atoms with van der Waals surface area (Å²) in [6.45, 7) is 8.69. The molecule has 1 heterocycles. The lowest BCUT2D eigenvalue weighted by molar-refractivity contribution is -0.132. The van der Waals surface area contributed by atoms with Gasteiger partial charge in [-0.25, -0.2) is 0 Å². The second kappa shape index (κ2) is 7.49. The fraction of sp³-hybridized carbons (Fsp3) is 0.588. The number of rotatable bonds is 5. The summed E-state index contributed by atoms with van der Waals surface area (Å²) in [5.74, 6) is 1.70. The van der Waals surface area contributed by atoms with E-state index in [1.54, 1.807) is 14.2 Å². The summed E-state index contributed by atoms with van der Waals surface area (Å²) in [6, 6.07) is 3.82. The van der Waals surface area contributed by atoms with Crippen molar-refractivity contribution in [3.05, 3.63) is 23.3 Å². The SMILES string of the molecule is CCN1CCN(C(=O)Cc2ccc(OC)c(C)c2OC)CC1. The molecule has 1 aromatic carbocycles. The van der Waals surface area contributed by atoms with E-state index in [4.69, 9.17) is 9.47 Å². The zero-order valence-corrected chi connectivity index (χ0v) is 14.0. The predicted molar refractivity (Wildman–Crippen MR) is 86.7 cm³/mol. The first-order valence-corrected chi connectivity index (χ1v) is 7.81. The van der Waals surface area contributed by atoms with Gasteiger partial charge in [-0.05, 0) is 19.5 Å². The minimum Gasteiger partial charge on any atom is -0.496 e. The van der Waals surface area contributed by atoms with Crippen LogP contribution in [-0.4, -0.2) is 62.7 Å². The van der Waals surface area contributed by atoms with Crippen molar-refractivity contribution in [2.75, 3.05) is 46.9 Å². The molecule has 0 radical (unpaired) electrons. The minimum atomic E-state index is 0.165. The lowest BCUT2D eigenvalue weighted by atomic mass is 10.0. The Labute approximate surface area is 132 Å². The van der Waals surface area contributed by atoms with Gasteiger partial charge in [0.25, 0.3) is 0 Å². The number of nitrogens with zero attached hydrogens (tertiary/aromatic N) is 2. The standard InChI is InChI=1S/C17H26N2O3/c1-5-18-8-10-19(11-9-18)16(20)12-14-6-7-15(21-3)13(2)17(14)22-4/h6-7H,5,8-12H2,1-4H3. The van der Waals surface area contributed by atoms with E-state index in [2.05, 4.69) is 11.8 Å². The first kappa shape index (κ1) is 16.6. The van der Waals surface area contributed by atoms with Crippen LogP contribution < -0.4 is 9.47 Å². The topological polar surface area (TPSA) is 42.0 Å². The Balaban J connectivity index is 2.07. The van der Waals surface area contributed by atoms with Gasteiger partial charge in [0.15, 0.2) is 0 Å². The number of carbonyl (C=O) groups is 1. The first-order chi connectivity index (χ1) is 10.6. The van der Waals surface area contributed by atoms with Crippen molar-refractivity contribution >= 4 is 5.91 Å². The van der Waals surface area contributed by atoms with E-state index in [0.29, 0.717) is 6.42 Å². The third kappa shape index (κ3) is 3.53. The first-order valence-electron chi connectivity index (χ1n) is 7.81. The highest BCUT2D eigenvalue weighted by atomic mass is 16.5. The van der Waals surface area contributed by atoms with Gasteiger partial charge in [0, 0.05) is 37.3 Å². The molecule has 1 fully saturated rings. The molecule has 1 aliphatic rings. The van der Waals surface area contributed by atoms with E-state index in [9.17, 15) is 4.79 Å². The fourth-order valence-electron chi connectivity index (χ4n) is 2.96. The Morgan fingerprint density at radius 1 is 1.14 bits per heavy atom. The van der Waals surface area contributed by atoms with E-state index in [-0.39, 0.29) is 5.91 Å². The molecule has 0 spiro atoms. The number of hydrogen-bond acceptors (Lipinski definition) is 4. The van der Waals surface area contributed by atoms with E-state index in [1.807, 2.05) is 24.0 Å². The number of methoxy groups -OCH3 is 2. The van der Waals surface area contributed by atoms with Crippen LogP contribution in [0, 0.1) is 6.92 Å². The van der Waals surface area contributed by atoms with Gasteiger partial charge in [-0.3, -0.25) is 4.79 Å². The van der Waals surface area contributed by atoms with Crippen molar-refractivity contribution < 1.29 is 14.3 Å². The zero-order chi connectivity index (χ0) is 16.1. The number of hydrogen-bond donors (Lipinski definition) is 0. The van der Waals surface area contributed by atoms with Gasteiger partial charge in [-0.2, -0.15) is 0 Å². The van der Waals surface area contributed by atoms with Crippen molar-refractivity contribution in [3.63, 3.8) is 0 Å². The van der Waals surface area contributed by atoms with Crippen LogP contribution in [0.25, 0.3) is 0 Å². The second-order valence-corrected chi connectivity index (χ2v) is 5.58. The average molecular weight is 306 g/mol. The van der Waals surface area contributed by atoms with E-state index >= 15 is 0 Å². The molecule has 0 aromatic heterocycles. The third-order valence-electron chi connectivity index (χ3n) is 4.38. The summed E-state index contributed by atoms with van der Waals surface area (Å²) in [4.78, 5) is 16.8. The molecule has 0 N–H and O–H groups in total. The Kier molecular flexibility index (Phi) is 5.66. The number of piperazine rings is 1. The molecule has 0 bridgehead atoms. The monoisotopic (exact) mass is 306 g/mol. The molecule has 0 atom stereocenters. The normalized spacial score (nSPS) is 15.7. The Morgan fingerprint density at radius 3 is 2.36 bits per heavy atom.